The number of anilines is 1. The number of carbonyl (C=O) groups excluding carboxylic acids is 1. The Kier molecular flexibility index (Phi) is 6.17. The van der Waals surface area contributed by atoms with E-state index in [0.29, 0.717) is 48.1 Å². The normalized spacial score (nSPS) is 12.5. The maximum Gasteiger partial charge on any atom is 0.272 e. The van der Waals surface area contributed by atoms with E-state index in [2.05, 4.69) is 0 Å². The number of benzene rings is 3. The smallest absolute Gasteiger partial charge is 0.272 e. The van der Waals surface area contributed by atoms with Crippen molar-refractivity contribution in [3.63, 3.8) is 0 Å². The van der Waals surface area contributed by atoms with Gasteiger partial charge in [0.25, 0.3) is 11.6 Å². The van der Waals surface area contributed by atoms with Gasteiger partial charge in [0.1, 0.15) is 13.2 Å². The van der Waals surface area contributed by atoms with Gasteiger partial charge in [-0.1, -0.05) is 42.5 Å². The molecule has 1 aliphatic heterocycles. The fraction of sp³-hybridized carbons (Fsp3) is 0.160. The second-order valence-electron chi connectivity index (χ2n) is 7.32. The van der Waals surface area contributed by atoms with Crippen molar-refractivity contribution in [2.45, 2.75) is 6.92 Å². The van der Waals surface area contributed by atoms with E-state index < -0.39 is 4.92 Å². The summed E-state index contributed by atoms with van der Waals surface area (Å²) in [5, 5.41) is 11.1. The predicted octanol–water partition coefficient (Wildman–Crippen LogP) is 5.03. The fourth-order valence-corrected chi connectivity index (χ4v) is 3.51. The molecular formula is C25H22N2O5. The second-order valence-corrected chi connectivity index (χ2v) is 7.32. The molecule has 32 heavy (non-hydrogen) atoms. The molecule has 3 aromatic carbocycles. The molecule has 0 atom stereocenters. The Bertz CT molecular complexity index is 1170. The van der Waals surface area contributed by atoms with Gasteiger partial charge in [0.15, 0.2) is 11.5 Å². The number of carbonyl (C=O) groups is 1. The summed E-state index contributed by atoms with van der Waals surface area (Å²) in [5.74, 6) is 0.953. The zero-order valence-corrected chi connectivity index (χ0v) is 17.6. The van der Waals surface area contributed by atoms with E-state index in [1.807, 2.05) is 42.5 Å². The first-order valence-corrected chi connectivity index (χ1v) is 10.2. The van der Waals surface area contributed by atoms with Gasteiger partial charge < -0.3 is 14.4 Å². The SMILES string of the molecule is Cc1cc(C(=O)N(C/C=C/c2ccccc2)c2ccc3c(c2)OCCO3)ccc1[N+](=O)[O-]. The van der Waals surface area contributed by atoms with Crippen LogP contribution in [0.2, 0.25) is 0 Å². The Labute approximate surface area is 185 Å². The molecule has 7 nitrogen and oxygen atoms in total. The molecule has 1 aliphatic rings. The number of amides is 1. The van der Waals surface area contributed by atoms with E-state index in [0.717, 1.165) is 5.56 Å². The molecule has 7 heteroatoms. The van der Waals surface area contributed by atoms with Crippen molar-refractivity contribution in [3.8, 4) is 11.5 Å². The van der Waals surface area contributed by atoms with Crippen molar-refractivity contribution in [1.29, 1.82) is 0 Å². The van der Waals surface area contributed by atoms with E-state index >= 15 is 0 Å². The van der Waals surface area contributed by atoms with Gasteiger partial charge in [0.05, 0.1) is 4.92 Å². The maximum atomic E-state index is 13.4. The van der Waals surface area contributed by atoms with Crippen molar-refractivity contribution >= 4 is 23.4 Å². The van der Waals surface area contributed by atoms with Crippen LogP contribution in [-0.4, -0.2) is 30.6 Å². The first kappa shape index (κ1) is 21.1. The number of nitrogens with zero attached hydrogens (tertiary/aromatic N) is 2. The molecule has 0 unspecified atom stereocenters. The molecule has 0 aliphatic carbocycles. The molecule has 0 saturated heterocycles. The van der Waals surface area contributed by atoms with E-state index in [1.54, 1.807) is 36.1 Å². The van der Waals surface area contributed by atoms with Crippen molar-refractivity contribution in [1.82, 2.24) is 0 Å². The summed E-state index contributed by atoms with van der Waals surface area (Å²) in [6, 6.07) is 19.6. The van der Waals surface area contributed by atoms with Gasteiger partial charge in [-0.2, -0.15) is 0 Å². The number of ether oxygens (including phenoxy) is 2. The van der Waals surface area contributed by atoms with Crippen molar-refractivity contribution in [2.75, 3.05) is 24.7 Å². The van der Waals surface area contributed by atoms with Gasteiger partial charge in [0.2, 0.25) is 0 Å². The average Bonchev–Trinajstić information content (AvgIpc) is 2.81. The number of hydrogen-bond donors (Lipinski definition) is 0. The highest BCUT2D eigenvalue weighted by Crippen LogP contribution is 2.34. The number of rotatable bonds is 6. The molecule has 0 N–H and O–H groups in total. The Morgan fingerprint density at radius 2 is 1.78 bits per heavy atom. The number of fused-ring (bicyclic) bond motifs is 1. The standard InChI is InChI=1S/C25H22N2O5/c1-18-16-20(9-11-22(18)27(29)30)25(28)26(13-5-8-19-6-3-2-4-7-19)21-10-12-23-24(17-21)32-15-14-31-23/h2-12,16-17H,13-15H2,1H3/b8-5+. The highest BCUT2D eigenvalue weighted by atomic mass is 16.6. The Hall–Kier alpha value is -4.13. The third-order valence-electron chi connectivity index (χ3n) is 5.12. The quantitative estimate of drug-likeness (QED) is 0.404. The Morgan fingerprint density at radius 3 is 2.50 bits per heavy atom. The second kappa shape index (κ2) is 9.34. The van der Waals surface area contributed by atoms with E-state index in [1.165, 1.54) is 12.1 Å². The zero-order chi connectivity index (χ0) is 22.5. The van der Waals surface area contributed by atoms with Crippen LogP contribution in [0.3, 0.4) is 0 Å². The van der Waals surface area contributed by atoms with Crippen molar-refractivity contribution < 1.29 is 19.2 Å². The summed E-state index contributed by atoms with van der Waals surface area (Å²) in [6.45, 7) is 2.86. The Balaban J connectivity index is 1.66. The molecule has 0 spiro atoms. The highest BCUT2D eigenvalue weighted by molar-refractivity contribution is 6.06. The van der Waals surface area contributed by atoms with Gasteiger partial charge in [-0.3, -0.25) is 14.9 Å². The molecule has 0 saturated carbocycles. The lowest BCUT2D eigenvalue weighted by Gasteiger charge is -2.25. The minimum atomic E-state index is -0.454. The summed E-state index contributed by atoms with van der Waals surface area (Å²) >= 11 is 0. The predicted molar refractivity (Wildman–Crippen MR) is 122 cm³/mol. The molecule has 1 amide bonds. The molecule has 3 aromatic rings. The number of nitro groups is 1. The van der Waals surface area contributed by atoms with Crippen molar-refractivity contribution in [2.24, 2.45) is 0 Å². The lowest BCUT2D eigenvalue weighted by Crippen LogP contribution is -2.31. The molecule has 0 bridgehead atoms. The van der Waals surface area contributed by atoms with Crippen LogP contribution in [0.5, 0.6) is 11.5 Å². The van der Waals surface area contributed by atoms with Gasteiger partial charge in [0, 0.05) is 35.5 Å². The summed E-state index contributed by atoms with van der Waals surface area (Å²) in [6.07, 6.45) is 3.85. The van der Waals surface area contributed by atoms with E-state index in [4.69, 9.17) is 9.47 Å². The van der Waals surface area contributed by atoms with Gasteiger partial charge in [-0.15, -0.1) is 0 Å². The van der Waals surface area contributed by atoms with Gasteiger partial charge in [-0.05, 0) is 36.8 Å². The molecule has 162 valence electrons. The maximum absolute atomic E-state index is 13.4. The first-order valence-electron chi connectivity index (χ1n) is 10.2. The summed E-state index contributed by atoms with van der Waals surface area (Å²) in [4.78, 5) is 25.7. The minimum absolute atomic E-state index is 0.0172. The van der Waals surface area contributed by atoms with E-state index in [9.17, 15) is 14.9 Å². The van der Waals surface area contributed by atoms with Gasteiger partial charge >= 0.3 is 0 Å². The molecular weight excluding hydrogens is 408 g/mol. The Morgan fingerprint density at radius 1 is 1.03 bits per heavy atom. The van der Waals surface area contributed by atoms with Crippen LogP contribution in [0.25, 0.3) is 6.08 Å². The zero-order valence-electron chi connectivity index (χ0n) is 17.6. The summed E-state index contributed by atoms with van der Waals surface area (Å²) in [5.41, 5.74) is 2.46. The lowest BCUT2D eigenvalue weighted by atomic mass is 10.1. The first-order chi connectivity index (χ1) is 15.5. The largest absolute Gasteiger partial charge is 0.486 e. The van der Waals surface area contributed by atoms with Crippen LogP contribution in [0.15, 0.2) is 72.8 Å². The topological polar surface area (TPSA) is 81.9 Å². The highest BCUT2D eigenvalue weighted by Gasteiger charge is 2.22. The van der Waals surface area contributed by atoms with Gasteiger partial charge in [-0.25, -0.2) is 0 Å². The minimum Gasteiger partial charge on any atom is -0.486 e. The molecule has 1 heterocycles. The molecule has 0 aromatic heterocycles. The lowest BCUT2D eigenvalue weighted by molar-refractivity contribution is -0.385. The molecule has 0 radical (unpaired) electrons. The van der Waals surface area contributed by atoms with Crippen LogP contribution >= 0.6 is 0 Å². The van der Waals surface area contributed by atoms with Crippen LogP contribution in [0, 0.1) is 17.0 Å². The average molecular weight is 430 g/mol. The van der Waals surface area contributed by atoms with Crippen molar-refractivity contribution in [3.05, 3.63) is 99.6 Å². The van der Waals surface area contributed by atoms with Crippen LogP contribution in [0.1, 0.15) is 21.5 Å². The number of aryl methyl sites for hydroxylation is 1. The third-order valence-corrected chi connectivity index (χ3v) is 5.12. The third kappa shape index (κ3) is 4.62. The summed E-state index contributed by atoms with van der Waals surface area (Å²) < 4.78 is 11.3. The van der Waals surface area contributed by atoms with E-state index in [-0.39, 0.29) is 11.6 Å². The summed E-state index contributed by atoms with van der Waals surface area (Å²) in [7, 11) is 0. The van der Waals surface area contributed by atoms with Crippen LogP contribution in [0.4, 0.5) is 11.4 Å². The number of hydrogen-bond acceptors (Lipinski definition) is 5. The van der Waals surface area contributed by atoms with Crippen LogP contribution < -0.4 is 14.4 Å². The molecule has 0 fully saturated rings. The fourth-order valence-electron chi connectivity index (χ4n) is 3.51. The number of nitro benzene ring substituents is 1. The van der Waals surface area contributed by atoms with Crippen LogP contribution in [-0.2, 0) is 0 Å². The molecule has 4 rings (SSSR count). The monoisotopic (exact) mass is 430 g/mol.